The molecule has 5 heteroatoms. The summed E-state index contributed by atoms with van der Waals surface area (Å²) in [6, 6.07) is 10.4. The Bertz CT molecular complexity index is 461. The molecule has 0 radical (unpaired) electrons. The van der Waals surface area contributed by atoms with Crippen molar-refractivity contribution in [1.82, 2.24) is 10.6 Å². The van der Waals surface area contributed by atoms with Crippen molar-refractivity contribution in [2.24, 2.45) is 4.99 Å². The first kappa shape index (κ1) is 19.0. The highest BCUT2D eigenvalue weighted by Gasteiger charge is 2.00. The van der Waals surface area contributed by atoms with Crippen molar-refractivity contribution < 1.29 is 9.53 Å². The number of carbonyl (C=O) groups excluding carboxylic acids is 1. The van der Waals surface area contributed by atoms with E-state index in [1.54, 1.807) is 7.05 Å². The highest BCUT2D eigenvalue weighted by Crippen LogP contribution is 2.03. The molecule has 0 saturated heterocycles. The second-order valence-corrected chi connectivity index (χ2v) is 5.40. The zero-order valence-electron chi connectivity index (χ0n) is 14.3. The monoisotopic (exact) mass is 319 g/mol. The Morgan fingerprint density at radius 3 is 2.43 bits per heavy atom. The maximum absolute atomic E-state index is 11.0. The molecule has 1 aromatic rings. The molecule has 5 nitrogen and oxygen atoms in total. The summed E-state index contributed by atoms with van der Waals surface area (Å²) >= 11 is 0. The summed E-state index contributed by atoms with van der Waals surface area (Å²) in [5.74, 6) is 0.724. The van der Waals surface area contributed by atoms with Gasteiger partial charge in [0.15, 0.2) is 5.96 Å². The molecular formula is C18H29N3O2. The number of rotatable bonds is 10. The minimum atomic E-state index is -0.119. The minimum absolute atomic E-state index is 0.119. The topological polar surface area (TPSA) is 62.7 Å². The maximum Gasteiger partial charge on any atom is 0.305 e. The molecule has 0 spiro atoms. The Balaban J connectivity index is 2.02. The second-order valence-electron chi connectivity index (χ2n) is 5.40. The fourth-order valence-electron chi connectivity index (χ4n) is 2.25. The van der Waals surface area contributed by atoms with Crippen molar-refractivity contribution in [2.75, 3.05) is 27.2 Å². The first-order valence-corrected chi connectivity index (χ1v) is 8.31. The molecule has 0 unspecified atom stereocenters. The first-order chi connectivity index (χ1) is 11.3. The Morgan fingerprint density at radius 1 is 1.04 bits per heavy atom. The van der Waals surface area contributed by atoms with Gasteiger partial charge >= 0.3 is 5.97 Å². The fraction of sp³-hybridized carbons (Fsp3) is 0.556. The van der Waals surface area contributed by atoms with E-state index in [9.17, 15) is 4.79 Å². The van der Waals surface area contributed by atoms with E-state index in [0.29, 0.717) is 6.42 Å². The van der Waals surface area contributed by atoms with E-state index >= 15 is 0 Å². The number of unbranched alkanes of at least 4 members (excludes halogenated alkanes) is 3. The van der Waals surface area contributed by atoms with Crippen LogP contribution in [0.3, 0.4) is 0 Å². The molecule has 23 heavy (non-hydrogen) atoms. The molecule has 0 bridgehead atoms. The molecule has 0 saturated carbocycles. The van der Waals surface area contributed by atoms with Gasteiger partial charge in [-0.3, -0.25) is 9.79 Å². The second kappa shape index (κ2) is 12.5. The van der Waals surface area contributed by atoms with Gasteiger partial charge in [-0.1, -0.05) is 43.2 Å². The summed E-state index contributed by atoms with van der Waals surface area (Å²) in [7, 11) is 3.22. The predicted molar refractivity (Wildman–Crippen MR) is 94.6 cm³/mol. The van der Waals surface area contributed by atoms with Crippen molar-refractivity contribution in [3.8, 4) is 0 Å². The number of carbonyl (C=O) groups is 1. The Labute approximate surface area is 139 Å². The smallest absolute Gasteiger partial charge is 0.305 e. The number of methoxy groups -OCH3 is 1. The average molecular weight is 319 g/mol. The number of hydrogen-bond donors (Lipinski definition) is 2. The summed E-state index contributed by atoms with van der Waals surface area (Å²) in [4.78, 5) is 15.2. The van der Waals surface area contributed by atoms with Gasteiger partial charge in [0.2, 0.25) is 0 Å². The standard InChI is InChI=1S/C18H29N3O2/c1-19-18(21-15-13-16-10-6-5-7-11-16)20-14-9-4-3-8-12-17(22)23-2/h5-7,10-11H,3-4,8-9,12-15H2,1-2H3,(H2,19,20,21). The summed E-state index contributed by atoms with van der Waals surface area (Å²) in [6.45, 7) is 1.76. The van der Waals surface area contributed by atoms with Gasteiger partial charge in [0.1, 0.15) is 0 Å². The molecule has 1 aromatic carbocycles. The summed E-state index contributed by atoms with van der Waals surface area (Å²) in [5, 5.41) is 6.63. The van der Waals surface area contributed by atoms with Crippen LogP contribution in [-0.2, 0) is 16.0 Å². The van der Waals surface area contributed by atoms with Gasteiger partial charge in [-0.05, 0) is 24.8 Å². The lowest BCUT2D eigenvalue weighted by molar-refractivity contribution is -0.140. The fourth-order valence-corrected chi connectivity index (χ4v) is 2.25. The first-order valence-electron chi connectivity index (χ1n) is 8.31. The van der Waals surface area contributed by atoms with Crippen molar-refractivity contribution in [3.63, 3.8) is 0 Å². The molecule has 0 amide bonds. The van der Waals surface area contributed by atoms with E-state index in [4.69, 9.17) is 0 Å². The van der Waals surface area contributed by atoms with Crippen molar-refractivity contribution in [2.45, 2.75) is 38.5 Å². The number of nitrogens with zero attached hydrogens (tertiary/aromatic N) is 1. The number of hydrogen-bond acceptors (Lipinski definition) is 3. The number of nitrogens with one attached hydrogen (secondary N) is 2. The van der Waals surface area contributed by atoms with Gasteiger partial charge in [-0.25, -0.2) is 0 Å². The van der Waals surface area contributed by atoms with E-state index in [-0.39, 0.29) is 5.97 Å². The third-order valence-electron chi connectivity index (χ3n) is 3.60. The van der Waals surface area contributed by atoms with E-state index in [2.05, 4.69) is 44.6 Å². The van der Waals surface area contributed by atoms with Crippen molar-refractivity contribution >= 4 is 11.9 Å². The van der Waals surface area contributed by atoms with E-state index in [1.807, 2.05) is 6.07 Å². The van der Waals surface area contributed by atoms with Gasteiger partial charge in [-0.2, -0.15) is 0 Å². The van der Waals surface area contributed by atoms with Gasteiger partial charge in [0.25, 0.3) is 0 Å². The highest BCUT2D eigenvalue weighted by molar-refractivity contribution is 5.79. The quantitative estimate of drug-likeness (QED) is 0.301. The Morgan fingerprint density at radius 2 is 1.74 bits per heavy atom. The Kier molecular flexibility index (Phi) is 10.3. The minimum Gasteiger partial charge on any atom is -0.469 e. The van der Waals surface area contributed by atoms with Crippen molar-refractivity contribution in [1.29, 1.82) is 0 Å². The van der Waals surface area contributed by atoms with E-state index in [0.717, 1.165) is 51.2 Å². The number of aliphatic imine (C=N–C) groups is 1. The molecule has 1 rings (SSSR count). The van der Waals surface area contributed by atoms with Gasteiger partial charge < -0.3 is 15.4 Å². The number of ether oxygens (including phenoxy) is 1. The molecule has 0 aliphatic carbocycles. The number of benzene rings is 1. The van der Waals surface area contributed by atoms with Crippen LogP contribution in [0.4, 0.5) is 0 Å². The van der Waals surface area contributed by atoms with E-state index < -0.39 is 0 Å². The average Bonchev–Trinajstić information content (AvgIpc) is 2.59. The molecule has 0 aliphatic rings. The summed E-state index contributed by atoms with van der Waals surface area (Å²) < 4.78 is 4.62. The largest absolute Gasteiger partial charge is 0.469 e. The van der Waals surface area contributed by atoms with Crippen LogP contribution in [0.25, 0.3) is 0 Å². The lowest BCUT2D eigenvalue weighted by Gasteiger charge is -2.11. The molecule has 0 fully saturated rings. The molecule has 0 aromatic heterocycles. The van der Waals surface area contributed by atoms with Crippen LogP contribution in [0.2, 0.25) is 0 Å². The van der Waals surface area contributed by atoms with E-state index in [1.165, 1.54) is 12.7 Å². The number of guanidine groups is 1. The van der Waals surface area contributed by atoms with Gasteiger partial charge in [0.05, 0.1) is 7.11 Å². The summed E-state index contributed by atoms with van der Waals surface area (Å²) in [6.07, 6.45) is 5.63. The zero-order valence-corrected chi connectivity index (χ0v) is 14.3. The lowest BCUT2D eigenvalue weighted by atomic mass is 10.1. The molecule has 2 N–H and O–H groups in total. The van der Waals surface area contributed by atoms with Gasteiger partial charge in [0, 0.05) is 26.6 Å². The highest BCUT2D eigenvalue weighted by atomic mass is 16.5. The van der Waals surface area contributed by atoms with Gasteiger partial charge in [-0.15, -0.1) is 0 Å². The van der Waals surface area contributed by atoms with Crippen LogP contribution in [0, 0.1) is 0 Å². The number of esters is 1. The third-order valence-corrected chi connectivity index (χ3v) is 3.60. The molecule has 0 heterocycles. The van der Waals surface area contributed by atoms with Crippen LogP contribution in [0.15, 0.2) is 35.3 Å². The predicted octanol–water partition coefficient (Wildman–Crippen LogP) is 2.52. The summed E-state index contributed by atoms with van der Waals surface area (Å²) in [5.41, 5.74) is 1.32. The normalized spacial score (nSPS) is 11.1. The Hall–Kier alpha value is -2.04. The lowest BCUT2D eigenvalue weighted by Crippen LogP contribution is -2.38. The molecule has 128 valence electrons. The maximum atomic E-state index is 11.0. The van der Waals surface area contributed by atoms with Crippen LogP contribution < -0.4 is 10.6 Å². The van der Waals surface area contributed by atoms with Crippen molar-refractivity contribution in [3.05, 3.63) is 35.9 Å². The molecular weight excluding hydrogens is 290 g/mol. The third kappa shape index (κ3) is 9.55. The van der Waals surface area contributed by atoms with Crippen LogP contribution >= 0.6 is 0 Å². The zero-order chi connectivity index (χ0) is 16.8. The van der Waals surface area contributed by atoms with Crippen LogP contribution in [0.1, 0.15) is 37.7 Å². The molecule has 0 atom stereocenters. The SMILES string of the molecule is CN=C(NCCCCCCC(=O)OC)NCCc1ccccc1. The van der Waals surface area contributed by atoms with Crippen LogP contribution in [-0.4, -0.2) is 39.2 Å². The van der Waals surface area contributed by atoms with Crippen LogP contribution in [0.5, 0.6) is 0 Å². The molecule has 0 aliphatic heterocycles.